The Morgan fingerprint density at radius 2 is 1.26 bits per heavy atom. The number of esters is 1. The van der Waals surface area contributed by atoms with Crippen molar-refractivity contribution in [1.29, 1.82) is 0 Å². The molecule has 0 aliphatic heterocycles. The molecule has 198 valence electrons. The molecule has 0 saturated carbocycles. The van der Waals surface area contributed by atoms with Gasteiger partial charge in [0.05, 0.1) is 23.0 Å². The van der Waals surface area contributed by atoms with Gasteiger partial charge < -0.3 is 9.84 Å². The molecule has 2 atom stereocenters. The number of Topliss-reactive ketones (excluding diaryl/α,β-unsaturated/α-hetero) is 2. The van der Waals surface area contributed by atoms with Crippen LogP contribution in [0.3, 0.4) is 0 Å². The van der Waals surface area contributed by atoms with E-state index in [1.54, 1.807) is 0 Å². The Labute approximate surface area is 214 Å². The van der Waals surface area contributed by atoms with Crippen LogP contribution in [0.15, 0.2) is 12.1 Å². The predicted octanol–water partition coefficient (Wildman–Crippen LogP) is 3.51. The van der Waals surface area contributed by atoms with E-state index < -0.39 is 33.7 Å². The second-order valence-corrected chi connectivity index (χ2v) is 14.1. The molecule has 0 aliphatic carbocycles. The highest BCUT2D eigenvalue weighted by molar-refractivity contribution is 7.86. The van der Waals surface area contributed by atoms with Crippen LogP contribution in [0.25, 0.3) is 0 Å². The molecule has 1 aromatic carbocycles. The number of benzene rings is 1. The topological polar surface area (TPSA) is 115 Å². The van der Waals surface area contributed by atoms with Crippen LogP contribution in [0.4, 0.5) is 0 Å². The van der Waals surface area contributed by atoms with Crippen molar-refractivity contribution in [3.05, 3.63) is 28.8 Å². The predicted molar refractivity (Wildman–Crippen MR) is 141 cm³/mol. The lowest BCUT2D eigenvalue weighted by Gasteiger charge is -2.28. The summed E-state index contributed by atoms with van der Waals surface area (Å²) < 4.78 is 30.0. The van der Waals surface area contributed by atoms with Crippen LogP contribution in [-0.4, -0.2) is 60.2 Å². The number of ketones is 2. The second kappa shape index (κ2) is 12.9. The first-order chi connectivity index (χ1) is 15.9. The third-order valence-electron chi connectivity index (χ3n) is 5.17. The van der Waals surface area contributed by atoms with Crippen LogP contribution in [0.2, 0.25) is 0 Å². The van der Waals surface area contributed by atoms with Crippen LogP contribution in [-0.2, 0) is 58.0 Å². The molecule has 9 heteroatoms. The molecule has 1 rings (SSSR count). The Hall–Kier alpha value is -1.87. The van der Waals surface area contributed by atoms with Crippen molar-refractivity contribution in [2.75, 3.05) is 23.0 Å². The van der Waals surface area contributed by atoms with E-state index in [1.807, 2.05) is 53.7 Å². The molecule has 0 bridgehead atoms. The number of ether oxygens (including phenoxy) is 1. The number of hydrogen-bond donors (Lipinski definition) is 1. The molecular weight excluding hydrogens is 488 g/mol. The summed E-state index contributed by atoms with van der Waals surface area (Å²) >= 11 is 0. The summed E-state index contributed by atoms with van der Waals surface area (Å²) in [6, 6.07) is 3.80. The zero-order valence-corrected chi connectivity index (χ0v) is 23.8. The summed E-state index contributed by atoms with van der Waals surface area (Å²) in [4.78, 5) is 35.2. The van der Waals surface area contributed by atoms with Crippen molar-refractivity contribution >= 4 is 39.1 Å². The Balaban J connectivity index is 3.03. The minimum Gasteiger partial charge on any atom is -0.507 e. The van der Waals surface area contributed by atoms with E-state index in [9.17, 15) is 27.9 Å². The average molecular weight is 529 g/mol. The zero-order valence-electron chi connectivity index (χ0n) is 22.2. The Bertz CT molecular complexity index is 919. The zero-order chi connectivity index (χ0) is 27.1. The highest BCUT2D eigenvalue weighted by Crippen LogP contribution is 2.40. The van der Waals surface area contributed by atoms with Gasteiger partial charge in [-0.3, -0.25) is 22.8 Å². The highest BCUT2D eigenvalue weighted by atomic mass is 32.2. The maximum Gasteiger partial charge on any atom is 0.306 e. The average Bonchev–Trinajstić information content (AvgIpc) is 2.63. The lowest BCUT2D eigenvalue weighted by atomic mass is 9.78. The number of hydrogen-bond acceptors (Lipinski definition) is 7. The molecule has 0 spiro atoms. The first-order valence-electron chi connectivity index (χ1n) is 11.6. The maximum absolute atomic E-state index is 12.7. The van der Waals surface area contributed by atoms with Crippen LogP contribution < -0.4 is 0 Å². The molecule has 0 amide bonds. The van der Waals surface area contributed by atoms with Gasteiger partial charge in [0.2, 0.25) is 0 Å². The quantitative estimate of drug-likeness (QED) is 0.413. The third kappa shape index (κ3) is 11.2. The summed E-state index contributed by atoms with van der Waals surface area (Å²) in [5.41, 5.74) is 1.88. The number of rotatable bonds is 12. The van der Waals surface area contributed by atoms with Gasteiger partial charge in [0, 0.05) is 28.0 Å². The molecule has 2 unspecified atom stereocenters. The lowest BCUT2D eigenvalue weighted by molar-refractivity contribution is -0.146. The maximum atomic E-state index is 12.7. The van der Waals surface area contributed by atoms with Crippen molar-refractivity contribution in [2.24, 2.45) is 0 Å². The molecule has 0 heterocycles. The van der Waals surface area contributed by atoms with Gasteiger partial charge in [0.25, 0.3) is 0 Å². The van der Waals surface area contributed by atoms with Crippen LogP contribution in [0.5, 0.6) is 5.75 Å². The van der Waals surface area contributed by atoms with E-state index in [0.717, 1.165) is 16.7 Å². The number of aromatic hydroxyl groups is 1. The standard InChI is InChI=1S/C26H40O7S2/c1-17(27)13-34(31)15-20(16-35(32)14-18(2)28)33-23(29)10-9-19-11-21(25(3,4)5)24(30)22(12-19)26(6,7)8/h11-12,20,30H,9-10,13-16H2,1-8H3. The molecule has 0 saturated heterocycles. The lowest BCUT2D eigenvalue weighted by Crippen LogP contribution is -2.32. The van der Waals surface area contributed by atoms with Crippen molar-refractivity contribution in [1.82, 2.24) is 0 Å². The van der Waals surface area contributed by atoms with Crippen LogP contribution >= 0.6 is 0 Å². The SMILES string of the molecule is CC(=O)CS(=O)CC(CS(=O)CC(C)=O)OC(=O)CCc1cc(C(C)(C)C)c(O)c(C(C)(C)C)c1. The van der Waals surface area contributed by atoms with Crippen molar-refractivity contribution in [3.63, 3.8) is 0 Å². The molecule has 0 radical (unpaired) electrons. The van der Waals surface area contributed by atoms with Gasteiger partial charge in [-0.15, -0.1) is 0 Å². The van der Waals surface area contributed by atoms with Gasteiger partial charge in [-0.2, -0.15) is 0 Å². The van der Waals surface area contributed by atoms with Gasteiger partial charge >= 0.3 is 5.97 Å². The normalized spacial score (nSPS) is 14.7. The summed E-state index contributed by atoms with van der Waals surface area (Å²) in [5.74, 6) is -1.37. The minimum atomic E-state index is -1.57. The smallest absolute Gasteiger partial charge is 0.306 e. The summed E-state index contributed by atoms with van der Waals surface area (Å²) in [7, 11) is -3.14. The van der Waals surface area contributed by atoms with Crippen molar-refractivity contribution < 1.29 is 32.6 Å². The number of carbonyl (C=O) groups excluding carboxylic acids is 3. The Kier molecular flexibility index (Phi) is 11.5. The molecule has 7 nitrogen and oxygen atoms in total. The van der Waals surface area contributed by atoms with Gasteiger partial charge in [-0.25, -0.2) is 0 Å². The van der Waals surface area contributed by atoms with E-state index >= 15 is 0 Å². The Morgan fingerprint density at radius 1 is 0.857 bits per heavy atom. The number of aryl methyl sites for hydroxylation is 1. The van der Waals surface area contributed by atoms with Gasteiger partial charge in [0.15, 0.2) is 0 Å². The molecule has 1 N–H and O–H groups in total. The number of phenolic OH excluding ortho intramolecular Hbond substituents is 1. The molecule has 1 aromatic rings. The molecular formula is C26H40O7S2. The summed E-state index contributed by atoms with van der Waals surface area (Å²) in [6.07, 6.45) is -0.518. The van der Waals surface area contributed by atoms with E-state index in [-0.39, 0.29) is 57.6 Å². The number of carbonyl (C=O) groups is 3. The monoisotopic (exact) mass is 528 g/mol. The second-order valence-electron chi connectivity index (χ2n) is 11.1. The third-order valence-corrected chi connectivity index (χ3v) is 8.12. The van der Waals surface area contributed by atoms with Gasteiger partial charge in [0.1, 0.15) is 23.4 Å². The first-order valence-corrected chi connectivity index (χ1v) is 14.6. The fourth-order valence-electron chi connectivity index (χ4n) is 3.58. The highest BCUT2D eigenvalue weighted by Gasteiger charge is 2.27. The van der Waals surface area contributed by atoms with Gasteiger partial charge in [-0.1, -0.05) is 53.7 Å². The van der Waals surface area contributed by atoms with E-state index in [4.69, 9.17) is 4.74 Å². The number of phenols is 1. The van der Waals surface area contributed by atoms with E-state index in [1.165, 1.54) is 13.8 Å². The van der Waals surface area contributed by atoms with Crippen molar-refractivity contribution in [2.45, 2.75) is 85.2 Å². The Morgan fingerprint density at radius 3 is 1.60 bits per heavy atom. The molecule has 0 fully saturated rings. The minimum absolute atomic E-state index is 0.0348. The fourth-order valence-corrected chi connectivity index (χ4v) is 6.07. The molecule has 0 aromatic heterocycles. The van der Waals surface area contributed by atoms with Gasteiger partial charge in [-0.05, 0) is 47.8 Å². The van der Waals surface area contributed by atoms with Crippen LogP contribution in [0, 0.1) is 0 Å². The first kappa shape index (κ1) is 31.2. The van der Waals surface area contributed by atoms with E-state index in [0.29, 0.717) is 6.42 Å². The van der Waals surface area contributed by atoms with Crippen LogP contribution in [0.1, 0.15) is 78.5 Å². The largest absolute Gasteiger partial charge is 0.507 e. The van der Waals surface area contributed by atoms with Crippen molar-refractivity contribution in [3.8, 4) is 5.75 Å². The molecule has 0 aliphatic rings. The summed E-state index contributed by atoms with van der Waals surface area (Å²) in [6.45, 7) is 14.7. The summed E-state index contributed by atoms with van der Waals surface area (Å²) in [5, 5.41) is 10.9. The van der Waals surface area contributed by atoms with E-state index in [2.05, 4.69) is 0 Å². The molecule has 35 heavy (non-hydrogen) atoms. The fraction of sp³-hybridized carbons (Fsp3) is 0.654.